The van der Waals surface area contributed by atoms with Crippen molar-refractivity contribution in [2.24, 2.45) is 0 Å². The largest absolute Gasteiger partial charge is 0.377 e. The minimum absolute atomic E-state index is 0.360. The van der Waals surface area contributed by atoms with E-state index in [4.69, 9.17) is 4.74 Å². The van der Waals surface area contributed by atoms with E-state index in [1.807, 2.05) is 0 Å². The zero-order valence-corrected chi connectivity index (χ0v) is 13.3. The van der Waals surface area contributed by atoms with E-state index in [1.54, 1.807) is 0 Å². The van der Waals surface area contributed by atoms with E-state index >= 15 is 0 Å². The molecule has 1 aromatic carbocycles. The second-order valence-corrected chi connectivity index (χ2v) is 6.59. The molecule has 1 aliphatic carbocycles. The molecule has 1 saturated carbocycles. The summed E-state index contributed by atoms with van der Waals surface area (Å²) in [4.78, 5) is 2.46. The highest BCUT2D eigenvalue weighted by Gasteiger charge is 2.28. The number of benzene rings is 1. The first kappa shape index (κ1) is 15.0. The summed E-state index contributed by atoms with van der Waals surface area (Å²) >= 11 is 0. The maximum atomic E-state index is 5.70. The molecule has 0 bridgehead atoms. The number of nitrogens with zero attached hydrogens (tertiary/aromatic N) is 1. The van der Waals surface area contributed by atoms with E-state index in [0.29, 0.717) is 12.1 Å². The number of rotatable bonds is 7. The van der Waals surface area contributed by atoms with Crippen LogP contribution >= 0.6 is 0 Å². The Kier molecular flexibility index (Phi) is 4.94. The predicted octanol–water partition coefficient (Wildman–Crippen LogP) is 2.59. The van der Waals surface area contributed by atoms with E-state index in [2.05, 4.69) is 48.5 Å². The highest BCUT2D eigenvalue weighted by molar-refractivity contribution is 5.27. The van der Waals surface area contributed by atoms with Crippen LogP contribution in [0.25, 0.3) is 0 Å². The topological polar surface area (TPSA) is 24.5 Å². The summed E-state index contributed by atoms with van der Waals surface area (Å²) in [6.45, 7) is 5.23. The summed E-state index contributed by atoms with van der Waals surface area (Å²) in [7, 11) is 2.23. The van der Waals surface area contributed by atoms with E-state index in [-0.39, 0.29) is 0 Å². The highest BCUT2D eigenvalue weighted by Crippen LogP contribution is 2.22. The Morgan fingerprint density at radius 1 is 1.19 bits per heavy atom. The van der Waals surface area contributed by atoms with Crippen LogP contribution in [0.1, 0.15) is 37.3 Å². The van der Waals surface area contributed by atoms with E-state index in [9.17, 15) is 0 Å². The van der Waals surface area contributed by atoms with E-state index in [1.165, 1.54) is 24.0 Å². The molecule has 2 atom stereocenters. The first-order valence-corrected chi connectivity index (χ1v) is 8.36. The van der Waals surface area contributed by atoms with Gasteiger partial charge in [-0.1, -0.05) is 24.3 Å². The minimum atomic E-state index is 0.360. The molecule has 1 aromatic rings. The molecule has 1 heterocycles. The molecule has 3 nitrogen and oxygen atoms in total. The molecule has 1 N–H and O–H groups in total. The number of likely N-dealkylation sites (N-methyl/N-ethyl adjacent to an activating group) is 1. The fourth-order valence-electron chi connectivity index (χ4n) is 3.34. The molecule has 2 unspecified atom stereocenters. The van der Waals surface area contributed by atoms with E-state index < -0.39 is 0 Å². The SMILES string of the molecule is CC1OCCC1N(C)Cc1ccccc1CCNC1CC1. The molecule has 0 spiro atoms. The molecular weight excluding hydrogens is 260 g/mol. The molecule has 0 amide bonds. The Morgan fingerprint density at radius 2 is 1.95 bits per heavy atom. The molecule has 3 rings (SSSR count). The molecule has 0 aromatic heterocycles. The molecule has 1 aliphatic heterocycles. The third-order valence-corrected chi connectivity index (χ3v) is 4.85. The quantitative estimate of drug-likeness (QED) is 0.834. The smallest absolute Gasteiger partial charge is 0.0703 e. The van der Waals surface area contributed by atoms with Crippen LogP contribution < -0.4 is 5.32 Å². The maximum Gasteiger partial charge on any atom is 0.0703 e. The van der Waals surface area contributed by atoms with Gasteiger partial charge in [0.15, 0.2) is 0 Å². The number of hydrogen-bond acceptors (Lipinski definition) is 3. The van der Waals surface area contributed by atoms with Crippen molar-refractivity contribution in [2.45, 2.75) is 57.3 Å². The van der Waals surface area contributed by atoms with Gasteiger partial charge in [-0.05, 0) is 57.3 Å². The van der Waals surface area contributed by atoms with Gasteiger partial charge in [0, 0.05) is 25.2 Å². The molecule has 0 radical (unpaired) electrons. The molecule has 21 heavy (non-hydrogen) atoms. The zero-order chi connectivity index (χ0) is 14.7. The average molecular weight is 288 g/mol. The lowest BCUT2D eigenvalue weighted by Gasteiger charge is -2.27. The van der Waals surface area contributed by atoms with Crippen LogP contribution in [0.15, 0.2) is 24.3 Å². The van der Waals surface area contributed by atoms with Crippen LogP contribution in [0.3, 0.4) is 0 Å². The lowest BCUT2D eigenvalue weighted by Crippen LogP contribution is -2.36. The monoisotopic (exact) mass is 288 g/mol. The minimum Gasteiger partial charge on any atom is -0.377 e. The van der Waals surface area contributed by atoms with Gasteiger partial charge in [-0.2, -0.15) is 0 Å². The zero-order valence-electron chi connectivity index (χ0n) is 13.3. The third-order valence-electron chi connectivity index (χ3n) is 4.85. The van der Waals surface area contributed by atoms with Gasteiger partial charge < -0.3 is 10.1 Å². The summed E-state index contributed by atoms with van der Waals surface area (Å²) < 4.78 is 5.70. The first-order valence-electron chi connectivity index (χ1n) is 8.36. The summed E-state index contributed by atoms with van der Waals surface area (Å²) in [5, 5.41) is 3.61. The molecule has 2 aliphatic rings. The second kappa shape index (κ2) is 6.91. The molecule has 2 fully saturated rings. The third kappa shape index (κ3) is 4.06. The Hall–Kier alpha value is -0.900. The van der Waals surface area contributed by atoms with Crippen molar-refractivity contribution in [3.8, 4) is 0 Å². The summed E-state index contributed by atoms with van der Waals surface area (Å²) in [5.41, 5.74) is 2.96. The van der Waals surface area contributed by atoms with Crippen molar-refractivity contribution in [1.29, 1.82) is 0 Å². The van der Waals surface area contributed by atoms with Gasteiger partial charge >= 0.3 is 0 Å². The van der Waals surface area contributed by atoms with Crippen LogP contribution in [0, 0.1) is 0 Å². The summed E-state index contributed by atoms with van der Waals surface area (Å²) in [5.74, 6) is 0. The van der Waals surface area contributed by atoms with Crippen molar-refractivity contribution in [3.63, 3.8) is 0 Å². The Balaban J connectivity index is 1.58. The van der Waals surface area contributed by atoms with Gasteiger partial charge in [0.25, 0.3) is 0 Å². The lowest BCUT2D eigenvalue weighted by molar-refractivity contribution is 0.0813. The molecular formula is C18H28N2O. The van der Waals surface area contributed by atoms with Crippen LogP contribution in [0.5, 0.6) is 0 Å². The molecule has 3 heteroatoms. The van der Waals surface area contributed by atoms with Gasteiger partial charge in [0.2, 0.25) is 0 Å². The molecule has 116 valence electrons. The van der Waals surface area contributed by atoms with Crippen LogP contribution in [0.2, 0.25) is 0 Å². The first-order chi connectivity index (χ1) is 10.2. The predicted molar refractivity (Wildman–Crippen MR) is 86.5 cm³/mol. The van der Waals surface area contributed by atoms with Gasteiger partial charge in [-0.3, -0.25) is 4.90 Å². The van der Waals surface area contributed by atoms with Gasteiger partial charge in [-0.25, -0.2) is 0 Å². The normalized spacial score (nSPS) is 25.7. The standard InChI is InChI=1S/C18H28N2O/c1-14-18(10-12-21-14)20(2)13-16-6-4-3-5-15(16)9-11-19-17-7-8-17/h3-6,14,17-19H,7-13H2,1-2H3. The van der Waals surface area contributed by atoms with Crippen LogP contribution in [0.4, 0.5) is 0 Å². The fraction of sp³-hybridized carbons (Fsp3) is 0.667. The fourth-order valence-corrected chi connectivity index (χ4v) is 3.34. The second-order valence-electron chi connectivity index (χ2n) is 6.59. The van der Waals surface area contributed by atoms with Crippen molar-refractivity contribution < 1.29 is 4.74 Å². The van der Waals surface area contributed by atoms with Crippen molar-refractivity contribution in [1.82, 2.24) is 10.2 Å². The Morgan fingerprint density at radius 3 is 2.62 bits per heavy atom. The number of hydrogen-bond donors (Lipinski definition) is 1. The van der Waals surface area contributed by atoms with Crippen LogP contribution in [-0.4, -0.2) is 43.3 Å². The van der Waals surface area contributed by atoms with E-state index in [0.717, 1.165) is 38.6 Å². The van der Waals surface area contributed by atoms with Gasteiger partial charge in [0.05, 0.1) is 6.10 Å². The Bertz CT molecular complexity index is 458. The van der Waals surface area contributed by atoms with Crippen molar-refractivity contribution in [3.05, 3.63) is 35.4 Å². The lowest BCUT2D eigenvalue weighted by atomic mass is 10.0. The number of nitrogens with one attached hydrogen (secondary N) is 1. The maximum absolute atomic E-state index is 5.70. The average Bonchev–Trinajstić information content (AvgIpc) is 3.20. The van der Waals surface area contributed by atoms with Gasteiger partial charge in [-0.15, -0.1) is 0 Å². The highest BCUT2D eigenvalue weighted by atomic mass is 16.5. The van der Waals surface area contributed by atoms with Gasteiger partial charge in [0.1, 0.15) is 0 Å². The number of ether oxygens (including phenoxy) is 1. The van der Waals surface area contributed by atoms with Crippen molar-refractivity contribution in [2.75, 3.05) is 20.2 Å². The molecule has 1 saturated heterocycles. The summed E-state index contributed by atoms with van der Waals surface area (Å²) in [6, 6.07) is 10.3. The summed E-state index contributed by atoms with van der Waals surface area (Å²) in [6.07, 6.45) is 5.38. The Labute approximate surface area is 128 Å². The van der Waals surface area contributed by atoms with Crippen molar-refractivity contribution >= 4 is 0 Å². The van der Waals surface area contributed by atoms with Crippen LogP contribution in [-0.2, 0) is 17.7 Å².